The van der Waals surface area contributed by atoms with E-state index in [1.807, 2.05) is 4.90 Å². The van der Waals surface area contributed by atoms with E-state index in [9.17, 15) is 9.59 Å². The first-order chi connectivity index (χ1) is 15.9. The van der Waals surface area contributed by atoms with Crippen LogP contribution in [0.1, 0.15) is 16.1 Å². The van der Waals surface area contributed by atoms with Gasteiger partial charge in [-0.05, 0) is 46.3 Å². The van der Waals surface area contributed by atoms with Crippen molar-refractivity contribution in [1.29, 1.82) is 5.26 Å². The lowest BCUT2D eigenvalue weighted by Gasteiger charge is -2.30. The molecule has 12 heteroatoms. The molecular weight excluding hydrogens is 534 g/mol. The number of carbonyl (C=O) groups is 2. The second-order valence-corrected chi connectivity index (χ2v) is 10.3. The maximum absolute atomic E-state index is 13.2. The summed E-state index contributed by atoms with van der Waals surface area (Å²) in [5, 5.41) is 15.0. The number of nitrogens with one attached hydrogen (secondary N) is 2. The Balaban J connectivity index is 1.51. The largest absolute Gasteiger partial charge is 0.378 e. The molecule has 1 unspecified atom stereocenters. The summed E-state index contributed by atoms with van der Waals surface area (Å²) in [5.41, 5.74) is -0.0576. The van der Waals surface area contributed by atoms with E-state index in [-0.39, 0.29) is 25.0 Å². The van der Waals surface area contributed by atoms with Gasteiger partial charge in [0.25, 0.3) is 11.8 Å². The number of nitrogens with zero attached hydrogens (tertiary/aromatic N) is 3. The summed E-state index contributed by atoms with van der Waals surface area (Å²) in [6.07, 6.45) is 2.13. The quantitative estimate of drug-likeness (QED) is 0.549. The number of carbonyl (C=O) groups excluding carboxylic acids is 2. The lowest BCUT2D eigenvalue weighted by Crippen LogP contribution is -2.57. The fourth-order valence-electron chi connectivity index (χ4n) is 3.61. The van der Waals surface area contributed by atoms with Crippen LogP contribution in [-0.2, 0) is 14.3 Å². The molecule has 2 aliphatic rings. The smallest absolute Gasteiger partial charge is 0.262 e. The van der Waals surface area contributed by atoms with Crippen LogP contribution in [0, 0.1) is 11.5 Å². The molecule has 2 N–H and O–H groups in total. The first-order valence-corrected chi connectivity index (χ1v) is 12.0. The highest BCUT2D eigenvalue weighted by Gasteiger charge is 2.44. The molecule has 1 aromatic heterocycles. The molecule has 2 saturated heterocycles. The van der Waals surface area contributed by atoms with Crippen LogP contribution >= 0.6 is 38.9 Å². The molecule has 0 saturated carbocycles. The number of halogens is 2. The van der Waals surface area contributed by atoms with Crippen LogP contribution in [0.2, 0.25) is 5.02 Å². The average molecular weight is 553 g/mol. The van der Waals surface area contributed by atoms with Crippen LogP contribution in [0.15, 0.2) is 39.1 Å². The number of amidine groups is 1. The molecule has 2 aromatic rings. The Bertz CT molecular complexity index is 1140. The van der Waals surface area contributed by atoms with Crippen molar-refractivity contribution in [3.8, 4) is 6.19 Å². The van der Waals surface area contributed by atoms with Crippen LogP contribution in [0.4, 0.5) is 11.4 Å². The van der Waals surface area contributed by atoms with Gasteiger partial charge in [-0.3, -0.25) is 9.59 Å². The number of hydrogen-bond acceptors (Lipinski definition) is 7. The summed E-state index contributed by atoms with van der Waals surface area (Å²) in [7, 11) is 0. The van der Waals surface area contributed by atoms with Gasteiger partial charge in [-0.1, -0.05) is 11.6 Å². The van der Waals surface area contributed by atoms with Gasteiger partial charge < -0.3 is 25.0 Å². The Morgan fingerprint density at radius 3 is 2.79 bits per heavy atom. The molecule has 3 heterocycles. The van der Waals surface area contributed by atoms with Crippen molar-refractivity contribution in [2.75, 3.05) is 43.2 Å². The fraction of sp³-hybridized carbons (Fsp3) is 0.333. The number of anilines is 2. The van der Waals surface area contributed by atoms with Crippen molar-refractivity contribution in [3.63, 3.8) is 0 Å². The third kappa shape index (κ3) is 5.20. The number of aliphatic imine (C=N–C) groups is 1. The minimum atomic E-state index is -1.18. The Kier molecular flexibility index (Phi) is 7.31. The summed E-state index contributed by atoms with van der Waals surface area (Å²) in [5.74, 6) is -0.255. The molecule has 2 amide bonds. The van der Waals surface area contributed by atoms with Crippen LogP contribution in [0.5, 0.6) is 0 Å². The Labute approximate surface area is 207 Å². The van der Waals surface area contributed by atoms with Gasteiger partial charge in [-0.15, -0.1) is 11.3 Å². The highest BCUT2D eigenvalue weighted by molar-refractivity contribution is 9.11. The maximum atomic E-state index is 13.2. The molecule has 2 aliphatic heterocycles. The Morgan fingerprint density at radius 2 is 2.12 bits per heavy atom. The number of ether oxygens (including phenoxy) is 2. The number of amides is 2. The highest BCUT2D eigenvalue weighted by Crippen LogP contribution is 2.31. The lowest BCUT2D eigenvalue weighted by molar-refractivity contribution is -0.122. The SMILES string of the molecule is N#CN=C1COCCN1c1ccc(NC(=O)C2(NC(=O)c3ccc(Br)s3)CCOC2)cc1Cl. The van der Waals surface area contributed by atoms with Crippen molar-refractivity contribution in [3.05, 3.63) is 44.0 Å². The summed E-state index contributed by atoms with van der Waals surface area (Å²) >= 11 is 11.1. The molecule has 1 atom stereocenters. The number of rotatable bonds is 5. The monoisotopic (exact) mass is 551 g/mol. The topological polar surface area (TPSA) is 116 Å². The predicted octanol–water partition coefficient (Wildman–Crippen LogP) is 3.41. The van der Waals surface area contributed by atoms with Crippen molar-refractivity contribution in [2.24, 2.45) is 4.99 Å². The van der Waals surface area contributed by atoms with E-state index in [0.29, 0.717) is 53.3 Å². The van der Waals surface area contributed by atoms with Crippen LogP contribution < -0.4 is 15.5 Å². The van der Waals surface area contributed by atoms with Crippen molar-refractivity contribution in [2.45, 2.75) is 12.0 Å². The second-order valence-electron chi connectivity index (χ2n) is 7.40. The number of thiophene rings is 1. The van der Waals surface area contributed by atoms with E-state index in [1.54, 1.807) is 36.5 Å². The highest BCUT2D eigenvalue weighted by atomic mass is 79.9. The van der Waals surface area contributed by atoms with E-state index in [1.165, 1.54) is 11.3 Å². The van der Waals surface area contributed by atoms with Gasteiger partial charge in [0.1, 0.15) is 18.0 Å². The first-order valence-electron chi connectivity index (χ1n) is 9.99. The molecular formula is C21H19BrClN5O4S. The molecule has 33 heavy (non-hydrogen) atoms. The molecule has 9 nitrogen and oxygen atoms in total. The summed E-state index contributed by atoms with van der Waals surface area (Å²) in [4.78, 5) is 32.0. The standard InChI is InChI=1S/C21H19BrClN5O4S/c22-17-4-3-16(33-17)19(29)27-21(5-7-32-11-21)20(30)26-13-1-2-15(14(23)9-13)28-6-8-31-10-18(28)25-12-24/h1-4,9H,5-8,10-11H2,(H,26,30)(H,27,29). The third-order valence-corrected chi connectivity index (χ3v) is 7.21. The van der Waals surface area contributed by atoms with E-state index in [4.69, 9.17) is 26.3 Å². The van der Waals surface area contributed by atoms with Crippen LogP contribution in [0.3, 0.4) is 0 Å². The van der Waals surface area contributed by atoms with E-state index in [0.717, 1.165) is 3.79 Å². The van der Waals surface area contributed by atoms with Gasteiger partial charge in [-0.2, -0.15) is 10.3 Å². The number of benzene rings is 1. The number of nitriles is 1. The Morgan fingerprint density at radius 1 is 1.27 bits per heavy atom. The predicted molar refractivity (Wildman–Crippen MR) is 129 cm³/mol. The number of morpholine rings is 1. The Hall–Kier alpha value is -2.49. The molecule has 1 aromatic carbocycles. The zero-order valence-corrected chi connectivity index (χ0v) is 20.4. The first kappa shape index (κ1) is 23.7. The molecule has 0 bridgehead atoms. The minimum Gasteiger partial charge on any atom is -0.378 e. The van der Waals surface area contributed by atoms with Crippen molar-refractivity contribution < 1.29 is 19.1 Å². The van der Waals surface area contributed by atoms with Gasteiger partial charge in [0.15, 0.2) is 0 Å². The molecule has 0 aliphatic carbocycles. The maximum Gasteiger partial charge on any atom is 0.262 e. The van der Waals surface area contributed by atoms with Gasteiger partial charge >= 0.3 is 0 Å². The van der Waals surface area contributed by atoms with Gasteiger partial charge in [0, 0.05) is 25.3 Å². The molecule has 2 fully saturated rings. The molecule has 0 radical (unpaired) electrons. The second kappa shape index (κ2) is 10.2. The molecule has 172 valence electrons. The van der Waals surface area contributed by atoms with E-state index >= 15 is 0 Å². The summed E-state index contributed by atoms with van der Waals surface area (Å²) in [6.45, 7) is 1.62. The average Bonchev–Trinajstić information content (AvgIpc) is 3.45. The summed E-state index contributed by atoms with van der Waals surface area (Å²) in [6, 6.07) is 8.55. The van der Waals surface area contributed by atoms with Crippen LogP contribution in [0.25, 0.3) is 0 Å². The number of hydrogen-bond donors (Lipinski definition) is 2. The third-order valence-electron chi connectivity index (χ3n) is 5.28. The van der Waals surface area contributed by atoms with E-state index in [2.05, 4.69) is 31.6 Å². The fourth-order valence-corrected chi connectivity index (χ4v) is 5.17. The lowest BCUT2D eigenvalue weighted by atomic mass is 9.97. The van der Waals surface area contributed by atoms with Gasteiger partial charge in [0.05, 0.1) is 32.6 Å². The molecule has 4 rings (SSSR count). The van der Waals surface area contributed by atoms with Crippen molar-refractivity contribution in [1.82, 2.24) is 5.32 Å². The van der Waals surface area contributed by atoms with Gasteiger partial charge in [-0.25, -0.2) is 0 Å². The normalized spacial score (nSPS) is 21.6. The summed E-state index contributed by atoms with van der Waals surface area (Å²) < 4.78 is 11.6. The zero-order chi connectivity index (χ0) is 23.4. The molecule has 0 spiro atoms. The minimum absolute atomic E-state index is 0.0741. The van der Waals surface area contributed by atoms with Crippen LogP contribution in [-0.4, -0.2) is 56.2 Å². The van der Waals surface area contributed by atoms with E-state index < -0.39 is 5.54 Å². The van der Waals surface area contributed by atoms with Crippen molar-refractivity contribution >= 4 is 67.9 Å². The van der Waals surface area contributed by atoms with Gasteiger partial charge in [0.2, 0.25) is 6.19 Å². The zero-order valence-electron chi connectivity index (χ0n) is 17.3.